The van der Waals surface area contributed by atoms with Crippen LogP contribution in [0.4, 0.5) is 0 Å². The molecule has 0 fully saturated rings. The number of rotatable bonds is 8. The Morgan fingerprint density at radius 2 is 1.52 bits per heavy atom. The Balaban J connectivity index is 2.15. The number of nitrogens with one attached hydrogen (secondary N) is 2. The molecular weight excluding hydrogens is 370 g/mol. The van der Waals surface area contributed by atoms with Gasteiger partial charge in [0.15, 0.2) is 0 Å². The van der Waals surface area contributed by atoms with Crippen molar-refractivity contribution in [2.24, 2.45) is 0 Å². The van der Waals surface area contributed by atoms with Gasteiger partial charge in [0.05, 0.1) is 18.7 Å². The minimum atomic E-state index is -0.924. The van der Waals surface area contributed by atoms with Crippen LogP contribution in [0.3, 0.4) is 0 Å². The van der Waals surface area contributed by atoms with Gasteiger partial charge < -0.3 is 15.4 Å². The van der Waals surface area contributed by atoms with E-state index in [4.69, 9.17) is 10.00 Å². The molecule has 0 radical (unpaired) electrons. The van der Waals surface area contributed by atoms with E-state index in [0.717, 1.165) is 11.1 Å². The minimum Gasteiger partial charge on any atom is -0.467 e. The smallest absolute Gasteiger partial charge is 0.328 e. The molecule has 29 heavy (non-hydrogen) atoms. The molecular formula is C22H23N3O4. The van der Waals surface area contributed by atoms with Gasteiger partial charge in [0.25, 0.3) is 0 Å². The van der Waals surface area contributed by atoms with E-state index in [1.807, 2.05) is 36.4 Å². The number of methoxy groups -OCH3 is 1. The van der Waals surface area contributed by atoms with E-state index >= 15 is 0 Å². The van der Waals surface area contributed by atoms with E-state index in [2.05, 4.69) is 10.6 Å². The number of benzene rings is 2. The maximum atomic E-state index is 12.8. The summed E-state index contributed by atoms with van der Waals surface area (Å²) in [6, 6.07) is 16.3. The Labute approximate surface area is 169 Å². The standard InChI is InChI=1S/C22H23N3O4/c1-15(26)24-19(12-16-6-4-3-5-7-16)21(27)25-20(22(28)29-2)13-17-8-10-18(14-23)11-9-17/h3-11,19-20H,12-13H2,1-2H3,(H,24,26)(H,25,27)/t19-,20+/m1/s1. The van der Waals surface area contributed by atoms with Gasteiger partial charge in [-0.2, -0.15) is 5.26 Å². The molecule has 0 saturated heterocycles. The van der Waals surface area contributed by atoms with Crippen LogP contribution in [0.25, 0.3) is 0 Å². The second kappa shape index (κ2) is 10.6. The first-order valence-corrected chi connectivity index (χ1v) is 9.11. The van der Waals surface area contributed by atoms with Crippen LogP contribution in [0.15, 0.2) is 54.6 Å². The first-order valence-electron chi connectivity index (χ1n) is 9.11. The highest BCUT2D eigenvalue weighted by Gasteiger charge is 2.27. The molecule has 7 heteroatoms. The van der Waals surface area contributed by atoms with E-state index in [0.29, 0.717) is 5.56 Å². The summed E-state index contributed by atoms with van der Waals surface area (Å²) in [4.78, 5) is 36.6. The van der Waals surface area contributed by atoms with Gasteiger partial charge in [-0.25, -0.2) is 4.79 Å². The second-order valence-corrected chi connectivity index (χ2v) is 6.54. The van der Waals surface area contributed by atoms with E-state index in [1.54, 1.807) is 24.3 Å². The third-order valence-electron chi connectivity index (χ3n) is 4.30. The van der Waals surface area contributed by atoms with Crippen molar-refractivity contribution in [3.05, 3.63) is 71.3 Å². The molecule has 7 nitrogen and oxygen atoms in total. The lowest BCUT2D eigenvalue weighted by atomic mass is 10.0. The fourth-order valence-corrected chi connectivity index (χ4v) is 2.86. The van der Waals surface area contributed by atoms with Gasteiger partial charge in [-0.15, -0.1) is 0 Å². The SMILES string of the molecule is COC(=O)[C@H](Cc1ccc(C#N)cc1)NC(=O)[C@@H](Cc1ccccc1)NC(C)=O. The normalized spacial score (nSPS) is 12.2. The van der Waals surface area contributed by atoms with Crippen molar-refractivity contribution in [1.29, 1.82) is 5.26 Å². The maximum absolute atomic E-state index is 12.8. The highest BCUT2D eigenvalue weighted by molar-refractivity contribution is 5.90. The lowest BCUT2D eigenvalue weighted by Gasteiger charge is -2.22. The molecule has 0 bridgehead atoms. The Morgan fingerprint density at radius 3 is 2.07 bits per heavy atom. The van der Waals surface area contributed by atoms with Crippen LogP contribution in [0.2, 0.25) is 0 Å². The van der Waals surface area contributed by atoms with Crippen LogP contribution in [0.5, 0.6) is 0 Å². The first-order chi connectivity index (χ1) is 13.9. The maximum Gasteiger partial charge on any atom is 0.328 e. The summed E-state index contributed by atoms with van der Waals surface area (Å²) in [6.07, 6.45) is 0.485. The third kappa shape index (κ3) is 6.78. The quantitative estimate of drug-likeness (QED) is 0.661. The van der Waals surface area contributed by atoms with Crippen LogP contribution in [-0.2, 0) is 32.0 Å². The number of nitrogens with zero attached hydrogens (tertiary/aromatic N) is 1. The van der Waals surface area contributed by atoms with E-state index in [1.165, 1.54) is 14.0 Å². The van der Waals surface area contributed by atoms with Gasteiger partial charge in [0, 0.05) is 19.8 Å². The van der Waals surface area contributed by atoms with Gasteiger partial charge in [-0.3, -0.25) is 9.59 Å². The topological polar surface area (TPSA) is 108 Å². The monoisotopic (exact) mass is 393 g/mol. The number of carbonyl (C=O) groups excluding carboxylic acids is 3. The number of amides is 2. The molecule has 2 aromatic rings. The summed E-state index contributed by atoms with van der Waals surface area (Å²) in [7, 11) is 1.25. The zero-order chi connectivity index (χ0) is 21.2. The van der Waals surface area contributed by atoms with Crippen molar-refractivity contribution < 1.29 is 19.1 Å². The van der Waals surface area contributed by atoms with Crippen molar-refractivity contribution in [1.82, 2.24) is 10.6 Å². The summed E-state index contributed by atoms with van der Waals surface area (Å²) in [5, 5.41) is 14.2. The van der Waals surface area contributed by atoms with Crippen molar-refractivity contribution >= 4 is 17.8 Å². The highest BCUT2D eigenvalue weighted by atomic mass is 16.5. The Bertz CT molecular complexity index is 889. The van der Waals surface area contributed by atoms with Gasteiger partial charge in [0.2, 0.25) is 11.8 Å². The van der Waals surface area contributed by atoms with Crippen molar-refractivity contribution in [2.45, 2.75) is 31.8 Å². The molecule has 2 N–H and O–H groups in total. The third-order valence-corrected chi connectivity index (χ3v) is 4.30. The summed E-state index contributed by atoms with van der Waals surface area (Å²) in [5.74, 6) is -1.42. The zero-order valence-electron chi connectivity index (χ0n) is 16.3. The molecule has 0 aliphatic heterocycles. The number of carbonyl (C=O) groups is 3. The molecule has 0 aliphatic rings. The van der Waals surface area contributed by atoms with Crippen molar-refractivity contribution in [3.63, 3.8) is 0 Å². The molecule has 2 aromatic carbocycles. The Morgan fingerprint density at radius 1 is 0.931 bits per heavy atom. The van der Waals surface area contributed by atoms with Crippen LogP contribution < -0.4 is 10.6 Å². The zero-order valence-corrected chi connectivity index (χ0v) is 16.3. The molecule has 0 aromatic heterocycles. The van der Waals surface area contributed by atoms with Gasteiger partial charge in [-0.05, 0) is 23.3 Å². The number of hydrogen-bond acceptors (Lipinski definition) is 5. The lowest BCUT2D eigenvalue weighted by molar-refractivity contribution is -0.145. The predicted octanol–water partition coefficient (Wildman–Crippen LogP) is 1.51. The van der Waals surface area contributed by atoms with Crippen molar-refractivity contribution in [3.8, 4) is 6.07 Å². The van der Waals surface area contributed by atoms with E-state index in [-0.39, 0.29) is 18.7 Å². The van der Waals surface area contributed by atoms with Gasteiger partial charge >= 0.3 is 5.97 Å². The van der Waals surface area contributed by atoms with E-state index in [9.17, 15) is 14.4 Å². The molecule has 150 valence electrons. The number of nitriles is 1. The largest absolute Gasteiger partial charge is 0.467 e. The van der Waals surface area contributed by atoms with E-state index < -0.39 is 24.0 Å². The molecule has 0 saturated carbocycles. The number of ether oxygens (including phenoxy) is 1. The number of esters is 1. The molecule has 2 atom stereocenters. The average molecular weight is 393 g/mol. The van der Waals surface area contributed by atoms with Crippen LogP contribution >= 0.6 is 0 Å². The second-order valence-electron chi connectivity index (χ2n) is 6.54. The summed E-state index contributed by atoms with van der Waals surface area (Å²) in [5.41, 5.74) is 2.14. The highest BCUT2D eigenvalue weighted by Crippen LogP contribution is 2.09. The van der Waals surface area contributed by atoms with Gasteiger partial charge in [0.1, 0.15) is 12.1 Å². The van der Waals surface area contributed by atoms with Gasteiger partial charge in [-0.1, -0.05) is 42.5 Å². The van der Waals surface area contributed by atoms with Crippen LogP contribution in [0.1, 0.15) is 23.6 Å². The van der Waals surface area contributed by atoms with Crippen LogP contribution in [-0.4, -0.2) is 37.0 Å². The fraction of sp³-hybridized carbons (Fsp3) is 0.273. The molecule has 0 spiro atoms. The Hall–Kier alpha value is -3.66. The Kier molecular flexibility index (Phi) is 7.92. The van der Waals surface area contributed by atoms with Crippen LogP contribution in [0, 0.1) is 11.3 Å². The lowest BCUT2D eigenvalue weighted by Crippen LogP contribution is -2.53. The summed E-state index contributed by atoms with van der Waals surface area (Å²) < 4.78 is 4.82. The van der Waals surface area contributed by atoms with Crippen molar-refractivity contribution in [2.75, 3.05) is 7.11 Å². The number of hydrogen-bond donors (Lipinski definition) is 2. The molecule has 2 amide bonds. The molecule has 0 unspecified atom stereocenters. The average Bonchev–Trinajstić information content (AvgIpc) is 2.73. The first kappa shape index (κ1) is 21.6. The minimum absolute atomic E-state index is 0.197. The summed E-state index contributed by atoms with van der Waals surface area (Å²) in [6.45, 7) is 1.33. The fourth-order valence-electron chi connectivity index (χ4n) is 2.86. The predicted molar refractivity (Wildman–Crippen MR) is 107 cm³/mol. The molecule has 0 heterocycles. The summed E-state index contributed by atoms with van der Waals surface area (Å²) >= 11 is 0. The molecule has 0 aliphatic carbocycles. The molecule has 2 rings (SSSR count).